The molecule has 7 nitrogen and oxygen atoms in total. The van der Waals surface area contributed by atoms with E-state index in [1.807, 2.05) is 25.5 Å². The highest BCUT2D eigenvalue weighted by Gasteiger charge is 2.16. The molecule has 0 unspecified atom stereocenters. The normalized spacial score (nSPS) is 14.5. The first kappa shape index (κ1) is 16.2. The predicted molar refractivity (Wildman–Crippen MR) is 90.0 cm³/mol. The fraction of sp³-hybridized carbons (Fsp3) is 0.412. The molecule has 3 heterocycles. The van der Waals surface area contributed by atoms with Crippen molar-refractivity contribution in [2.45, 2.75) is 19.8 Å². The quantitative estimate of drug-likeness (QED) is 0.783. The van der Waals surface area contributed by atoms with E-state index in [9.17, 15) is 4.79 Å². The van der Waals surface area contributed by atoms with Gasteiger partial charge in [-0.1, -0.05) is 0 Å². The molecule has 0 aliphatic carbocycles. The summed E-state index contributed by atoms with van der Waals surface area (Å²) in [5.41, 5.74) is 1.75. The van der Waals surface area contributed by atoms with Crippen LogP contribution in [0, 0.1) is 0 Å². The highest BCUT2D eigenvalue weighted by molar-refractivity contribution is 5.92. The molecule has 2 aromatic rings. The number of carbonyl (C=O) groups is 1. The molecule has 1 saturated heterocycles. The lowest BCUT2D eigenvalue weighted by molar-refractivity contribution is 0.0525. The van der Waals surface area contributed by atoms with Crippen LogP contribution in [0.3, 0.4) is 0 Å². The van der Waals surface area contributed by atoms with Crippen LogP contribution in [0.1, 0.15) is 35.8 Å². The second kappa shape index (κ2) is 7.25. The maximum absolute atomic E-state index is 12.1. The minimum Gasteiger partial charge on any atom is -0.462 e. The Morgan fingerprint density at radius 3 is 2.79 bits per heavy atom. The SMILES string of the molecule is CCOC(=O)c1cnc(-c2cnn(C)c2)nc1C=CN1CCCC1. The van der Waals surface area contributed by atoms with Crippen LogP contribution in [0.15, 0.2) is 24.8 Å². The van der Waals surface area contributed by atoms with Crippen molar-refractivity contribution in [1.82, 2.24) is 24.6 Å². The third kappa shape index (κ3) is 3.61. The third-order valence-corrected chi connectivity index (χ3v) is 3.86. The number of aromatic nitrogens is 4. The van der Waals surface area contributed by atoms with E-state index in [-0.39, 0.29) is 0 Å². The fourth-order valence-corrected chi connectivity index (χ4v) is 2.63. The predicted octanol–water partition coefficient (Wildman–Crippen LogP) is 2.12. The van der Waals surface area contributed by atoms with E-state index in [0.717, 1.165) is 18.7 Å². The van der Waals surface area contributed by atoms with Crippen molar-refractivity contribution >= 4 is 12.0 Å². The highest BCUT2D eigenvalue weighted by atomic mass is 16.5. The van der Waals surface area contributed by atoms with Gasteiger partial charge in [-0.2, -0.15) is 5.10 Å². The minimum atomic E-state index is -0.406. The van der Waals surface area contributed by atoms with Gasteiger partial charge >= 0.3 is 5.97 Å². The maximum Gasteiger partial charge on any atom is 0.341 e. The van der Waals surface area contributed by atoms with Gasteiger partial charge in [-0.25, -0.2) is 14.8 Å². The lowest BCUT2D eigenvalue weighted by Crippen LogP contribution is -2.12. The Balaban J connectivity index is 1.94. The number of hydrogen-bond acceptors (Lipinski definition) is 6. The van der Waals surface area contributed by atoms with Gasteiger partial charge in [0.15, 0.2) is 5.82 Å². The molecule has 0 spiro atoms. The molecule has 1 aliphatic rings. The summed E-state index contributed by atoms with van der Waals surface area (Å²) in [7, 11) is 1.84. The Hall–Kier alpha value is -2.70. The lowest BCUT2D eigenvalue weighted by atomic mass is 10.2. The van der Waals surface area contributed by atoms with Gasteiger partial charge < -0.3 is 9.64 Å². The second-order valence-electron chi connectivity index (χ2n) is 5.67. The van der Waals surface area contributed by atoms with Crippen molar-refractivity contribution < 1.29 is 9.53 Å². The average molecular weight is 327 g/mol. The van der Waals surface area contributed by atoms with Crippen molar-refractivity contribution in [1.29, 1.82) is 0 Å². The summed E-state index contributed by atoms with van der Waals surface area (Å²) in [6, 6.07) is 0. The van der Waals surface area contributed by atoms with Crippen molar-refractivity contribution in [2.75, 3.05) is 19.7 Å². The van der Waals surface area contributed by atoms with Gasteiger partial charge in [0, 0.05) is 38.7 Å². The number of hydrogen-bond donors (Lipinski definition) is 0. The van der Waals surface area contributed by atoms with Crippen molar-refractivity contribution in [3.63, 3.8) is 0 Å². The van der Waals surface area contributed by atoms with E-state index in [2.05, 4.69) is 20.0 Å². The molecular weight excluding hydrogens is 306 g/mol. The van der Waals surface area contributed by atoms with Gasteiger partial charge in [-0.05, 0) is 25.8 Å². The van der Waals surface area contributed by atoms with Gasteiger partial charge in [0.2, 0.25) is 0 Å². The van der Waals surface area contributed by atoms with Gasteiger partial charge in [-0.3, -0.25) is 4.68 Å². The van der Waals surface area contributed by atoms with Crippen LogP contribution in [0.25, 0.3) is 17.5 Å². The summed E-state index contributed by atoms with van der Waals surface area (Å²) < 4.78 is 6.80. The molecule has 0 aromatic carbocycles. The van der Waals surface area contributed by atoms with Crippen LogP contribution in [-0.2, 0) is 11.8 Å². The zero-order chi connectivity index (χ0) is 16.9. The first-order valence-electron chi connectivity index (χ1n) is 8.13. The number of likely N-dealkylation sites (tertiary alicyclic amines) is 1. The Kier molecular flexibility index (Phi) is 4.88. The molecule has 0 atom stereocenters. The molecule has 24 heavy (non-hydrogen) atoms. The van der Waals surface area contributed by atoms with Crippen LogP contribution < -0.4 is 0 Å². The summed E-state index contributed by atoms with van der Waals surface area (Å²) in [5, 5.41) is 4.14. The van der Waals surface area contributed by atoms with E-state index in [1.54, 1.807) is 17.8 Å². The molecule has 0 radical (unpaired) electrons. The zero-order valence-electron chi connectivity index (χ0n) is 14.0. The van der Waals surface area contributed by atoms with Crippen LogP contribution in [-0.4, -0.2) is 50.3 Å². The molecule has 1 aliphatic heterocycles. The molecule has 7 heteroatoms. The number of rotatable bonds is 5. The van der Waals surface area contributed by atoms with Crippen molar-refractivity contribution in [3.05, 3.63) is 36.0 Å². The Bertz CT molecular complexity index is 747. The zero-order valence-corrected chi connectivity index (χ0v) is 14.0. The third-order valence-electron chi connectivity index (χ3n) is 3.86. The Labute approximate surface area is 141 Å². The summed E-state index contributed by atoms with van der Waals surface area (Å²) in [5.74, 6) is 0.133. The largest absolute Gasteiger partial charge is 0.462 e. The number of esters is 1. The summed E-state index contributed by atoms with van der Waals surface area (Å²) in [6.07, 6.45) is 11.3. The molecule has 0 bridgehead atoms. The van der Waals surface area contributed by atoms with E-state index in [0.29, 0.717) is 23.7 Å². The van der Waals surface area contributed by atoms with Crippen LogP contribution in [0.5, 0.6) is 0 Å². The summed E-state index contributed by atoms with van der Waals surface area (Å²) in [4.78, 5) is 23.2. The molecular formula is C17H21N5O2. The molecule has 2 aromatic heterocycles. The Morgan fingerprint density at radius 1 is 1.33 bits per heavy atom. The fourth-order valence-electron chi connectivity index (χ4n) is 2.63. The van der Waals surface area contributed by atoms with Crippen molar-refractivity contribution in [2.24, 2.45) is 7.05 Å². The number of nitrogens with zero attached hydrogens (tertiary/aromatic N) is 5. The van der Waals surface area contributed by atoms with E-state index >= 15 is 0 Å². The smallest absolute Gasteiger partial charge is 0.341 e. The monoisotopic (exact) mass is 327 g/mol. The molecule has 0 N–H and O–H groups in total. The summed E-state index contributed by atoms with van der Waals surface area (Å²) in [6.45, 7) is 4.17. The molecule has 0 saturated carbocycles. The van der Waals surface area contributed by atoms with Crippen LogP contribution >= 0.6 is 0 Å². The van der Waals surface area contributed by atoms with Gasteiger partial charge in [-0.15, -0.1) is 0 Å². The van der Waals surface area contributed by atoms with E-state index in [1.165, 1.54) is 19.0 Å². The highest BCUT2D eigenvalue weighted by Crippen LogP contribution is 2.18. The molecule has 126 valence electrons. The van der Waals surface area contributed by atoms with Gasteiger partial charge in [0.1, 0.15) is 5.56 Å². The van der Waals surface area contributed by atoms with Gasteiger partial charge in [0.25, 0.3) is 0 Å². The number of aryl methyl sites for hydroxylation is 1. The van der Waals surface area contributed by atoms with Crippen LogP contribution in [0.2, 0.25) is 0 Å². The van der Waals surface area contributed by atoms with E-state index < -0.39 is 5.97 Å². The topological polar surface area (TPSA) is 73.1 Å². The van der Waals surface area contributed by atoms with E-state index in [4.69, 9.17) is 4.74 Å². The first-order valence-corrected chi connectivity index (χ1v) is 8.13. The lowest BCUT2D eigenvalue weighted by Gasteiger charge is -2.11. The first-order chi connectivity index (χ1) is 11.7. The average Bonchev–Trinajstić information content (AvgIpc) is 3.24. The molecule has 0 amide bonds. The minimum absolute atomic E-state index is 0.318. The van der Waals surface area contributed by atoms with Gasteiger partial charge in [0.05, 0.1) is 24.1 Å². The number of carbonyl (C=O) groups excluding carboxylic acids is 1. The molecule has 1 fully saturated rings. The van der Waals surface area contributed by atoms with Crippen LogP contribution in [0.4, 0.5) is 0 Å². The molecule has 3 rings (SSSR count). The number of ether oxygens (including phenoxy) is 1. The van der Waals surface area contributed by atoms with Crippen molar-refractivity contribution in [3.8, 4) is 11.4 Å². The maximum atomic E-state index is 12.1. The standard InChI is InChI=1S/C17H21N5O2/c1-3-24-17(23)14-11-18-16(13-10-19-21(2)12-13)20-15(14)6-9-22-7-4-5-8-22/h6,9-12H,3-5,7-8H2,1-2H3. The Morgan fingerprint density at radius 2 is 2.12 bits per heavy atom. The second-order valence-corrected chi connectivity index (χ2v) is 5.67. The summed E-state index contributed by atoms with van der Waals surface area (Å²) >= 11 is 0.